The Morgan fingerprint density at radius 1 is 0.902 bits per heavy atom. The van der Waals surface area contributed by atoms with E-state index in [0.717, 1.165) is 43.4 Å². The lowest BCUT2D eigenvalue weighted by Gasteiger charge is -2.26. The molecule has 1 aliphatic carbocycles. The number of amides is 3. The van der Waals surface area contributed by atoms with Crippen LogP contribution in [0.1, 0.15) is 135 Å². The van der Waals surface area contributed by atoms with E-state index in [1.54, 1.807) is 24.4 Å². The predicted molar refractivity (Wildman–Crippen MR) is 162 cm³/mol. The van der Waals surface area contributed by atoms with Gasteiger partial charge in [0.2, 0.25) is 5.91 Å². The van der Waals surface area contributed by atoms with Crippen LogP contribution in [0.15, 0.2) is 24.4 Å². The number of alkyl carbamates (subject to hydrolysis) is 1. The van der Waals surface area contributed by atoms with Crippen molar-refractivity contribution < 1.29 is 23.9 Å². The smallest absolute Gasteiger partial charge is 0.417 e. The molecule has 41 heavy (non-hydrogen) atoms. The summed E-state index contributed by atoms with van der Waals surface area (Å²) in [7, 11) is 0. The predicted octanol–water partition coefficient (Wildman–Crippen LogP) is 8.33. The summed E-state index contributed by atoms with van der Waals surface area (Å²) in [5.41, 5.74) is 0.594. The fourth-order valence-corrected chi connectivity index (χ4v) is 5.47. The molecule has 1 atom stereocenters. The summed E-state index contributed by atoms with van der Waals surface area (Å²) >= 11 is 0. The first-order valence-electron chi connectivity index (χ1n) is 16.3. The van der Waals surface area contributed by atoms with Crippen LogP contribution in [0.25, 0.3) is 0 Å². The van der Waals surface area contributed by atoms with Crippen molar-refractivity contribution in [2.45, 2.75) is 142 Å². The summed E-state index contributed by atoms with van der Waals surface area (Å²) in [6.45, 7) is 4.19. The van der Waals surface area contributed by atoms with Crippen LogP contribution in [0.3, 0.4) is 0 Å². The Kier molecular flexibility index (Phi) is 18.6. The van der Waals surface area contributed by atoms with Gasteiger partial charge in [0, 0.05) is 19.7 Å². The molecule has 1 aromatic rings. The first-order chi connectivity index (χ1) is 20.0. The monoisotopic (exact) mass is 573 g/mol. The molecule has 0 radical (unpaired) electrons. The highest BCUT2D eigenvalue weighted by Crippen LogP contribution is 2.30. The molecule has 1 unspecified atom stereocenters. The van der Waals surface area contributed by atoms with Gasteiger partial charge in [-0.2, -0.15) is 0 Å². The third kappa shape index (κ3) is 15.8. The van der Waals surface area contributed by atoms with Crippen molar-refractivity contribution in [2.75, 3.05) is 13.2 Å². The number of carbonyl (C=O) groups excluding carboxylic acids is 3. The zero-order valence-corrected chi connectivity index (χ0v) is 25.7. The highest BCUT2D eigenvalue weighted by molar-refractivity contribution is 5.90. The van der Waals surface area contributed by atoms with E-state index >= 15 is 0 Å². The van der Waals surface area contributed by atoms with E-state index in [1.807, 2.05) is 0 Å². The Labute approximate surface area is 248 Å². The van der Waals surface area contributed by atoms with Crippen LogP contribution in [0.2, 0.25) is 0 Å². The fourth-order valence-electron chi connectivity index (χ4n) is 5.47. The zero-order chi connectivity index (χ0) is 29.5. The Balaban J connectivity index is 1.59. The maximum absolute atomic E-state index is 12.9. The van der Waals surface area contributed by atoms with Crippen molar-refractivity contribution in [3.8, 4) is 0 Å². The number of pyridine rings is 1. The Bertz CT molecular complexity index is 845. The molecule has 0 spiro atoms. The van der Waals surface area contributed by atoms with Crippen LogP contribution in [-0.4, -0.2) is 47.2 Å². The second-order valence-electron chi connectivity index (χ2n) is 11.5. The third-order valence-electron chi connectivity index (χ3n) is 8.00. The van der Waals surface area contributed by atoms with Crippen LogP contribution in [0.4, 0.5) is 9.59 Å². The minimum atomic E-state index is -0.730. The van der Waals surface area contributed by atoms with Gasteiger partial charge in [-0.15, -0.1) is 0 Å². The minimum absolute atomic E-state index is 0.0175. The molecule has 1 aliphatic rings. The van der Waals surface area contributed by atoms with E-state index in [0.29, 0.717) is 12.2 Å². The number of rotatable bonds is 21. The molecule has 2 rings (SSSR count). The maximum atomic E-state index is 12.9. The fraction of sp³-hybridized carbons (Fsp3) is 0.758. The topological polar surface area (TPSA) is 97.8 Å². The Morgan fingerprint density at radius 2 is 1.49 bits per heavy atom. The highest BCUT2D eigenvalue weighted by Gasteiger charge is 2.32. The Hall–Kier alpha value is -2.64. The van der Waals surface area contributed by atoms with E-state index in [9.17, 15) is 14.4 Å². The number of nitrogens with zero attached hydrogens (tertiary/aromatic N) is 2. The van der Waals surface area contributed by atoms with Crippen LogP contribution in [-0.2, 0) is 20.8 Å². The number of aromatic nitrogens is 1. The number of nitrogens with one attached hydrogen (secondary N) is 1. The summed E-state index contributed by atoms with van der Waals surface area (Å²) in [5.74, 6) is -0.307. The number of hydrogen-bond acceptors (Lipinski definition) is 6. The largest absolute Gasteiger partial charge is 0.446 e. The summed E-state index contributed by atoms with van der Waals surface area (Å²) in [6.07, 6.45) is 21.8. The lowest BCUT2D eigenvalue weighted by atomic mass is 10.0. The average Bonchev–Trinajstić information content (AvgIpc) is 3.51. The SMILES string of the molecule is CCCCCCCCCCCCCCCCNC(=O)OCC(OC(=O)N(Cc1ccccn1)C(C)=O)C1CCCC1. The molecule has 1 heterocycles. The van der Waals surface area contributed by atoms with Gasteiger partial charge in [0.05, 0.1) is 12.2 Å². The second-order valence-corrected chi connectivity index (χ2v) is 11.5. The molecular weight excluding hydrogens is 518 g/mol. The number of hydrogen-bond donors (Lipinski definition) is 1. The summed E-state index contributed by atoms with van der Waals surface area (Å²) in [6, 6.07) is 5.33. The van der Waals surface area contributed by atoms with Gasteiger partial charge in [-0.05, 0) is 37.3 Å². The molecule has 1 saturated carbocycles. The third-order valence-corrected chi connectivity index (χ3v) is 8.00. The van der Waals surface area contributed by atoms with Crippen LogP contribution in [0.5, 0.6) is 0 Å². The number of unbranched alkanes of at least 4 members (excludes halogenated alkanes) is 13. The van der Waals surface area contributed by atoms with Crippen molar-refractivity contribution in [3.63, 3.8) is 0 Å². The molecule has 8 nitrogen and oxygen atoms in total. The standard InChI is InChI=1S/C33H55N3O5/c1-3-4-5-6-7-8-9-10-11-12-13-14-15-19-25-35-32(38)40-27-31(29-21-16-17-22-29)41-33(39)36(28(2)37)26-30-23-18-20-24-34-30/h18,20,23-24,29,31H,3-17,19,21-22,25-27H2,1-2H3,(H,35,38). The lowest BCUT2D eigenvalue weighted by molar-refractivity contribution is -0.128. The van der Waals surface area contributed by atoms with Gasteiger partial charge >= 0.3 is 12.2 Å². The maximum Gasteiger partial charge on any atom is 0.417 e. The van der Waals surface area contributed by atoms with Crippen molar-refractivity contribution >= 4 is 18.1 Å². The number of ether oxygens (including phenoxy) is 2. The van der Waals surface area contributed by atoms with Crippen molar-refractivity contribution in [1.82, 2.24) is 15.2 Å². The molecule has 0 bridgehead atoms. The lowest BCUT2D eigenvalue weighted by Crippen LogP contribution is -2.41. The van der Waals surface area contributed by atoms with Gasteiger partial charge in [0.15, 0.2) is 0 Å². The molecule has 232 valence electrons. The van der Waals surface area contributed by atoms with Crippen LogP contribution in [0, 0.1) is 5.92 Å². The van der Waals surface area contributed by atoms with E-state index in [1.165, 1.54) is 84.0 Å². The van der Waals surface area contributed by atoms with E-state index in [4.69, 9.17) is 9.47 Å². The van der Waals surface area contributed by atoms with Crippen molar-refractivity contribution in [1.29, 1.82) is 0 Å². The summed E-state index contributed by atoms with van der Waals surface area (Å²) in [4.78, 5) is 42.7. The minimum Gasteiger partial charge on any atom is -0.446 e. The van der Waals surface area contributed by atoms with E-state index in [2.05, 4.69) is 17.2 Å². The molecule has 0 aliphatic heterocycles. The van der Waals surface area contributed by atoms with Gasteiger partial charge in [0.25, 0.3) is 0 Å². The quantitative estimate of drug-likeness (QED) is 0.148. The van der Waals surface area contributed by atoms with Gasteiger partial charge in [-0.3, -0.25) is 9.78 Å². The molecule has 3 amide bonds. The van der Waals surface area contributed by atoms with Gasteiger partial charge in [-0.25, -0.2) is 14.5 Å². The molecular formula is C33H55N3O5. The highest BCUT2D eigenvalue weighted by atomic mass is 16.6. The second kappa shape index (κ2) is 22.0. The molecule has 1 N–H and O–H groups in total. The molecule has 0 saturated heterocycles. The van der Waals surface area contributed by atoms with Gasteiger partial charge < -0.3 is 14.8 Å². The number of carbonyl (C=O) groups is 3. The van der Waals surface area contributed by atoms with Gasteiger partial charge in [-0.1, -0.05) is 109 Å². The Morgan fingerprint density at radius 3 is 2.02 bits per heavy atom. The number of imide groups is 1. The normalized spacial score (nSPS) is 14.0. The first kappa shape index (κ1) is 34.6. The van der Waals surface area contributed by atoms with Crippen LogP contribution < -0.4 is 5.32 Å². The molecule has 1 fully saturated rings. The van der Waals surface area contributed by atoms with Gasteiger partial charge in [0.1, 0.15) is 12.7 Å². The molecule has 1 aromatic heterocycles. The van der Waals surface area contributed by atoms with Crippen LogP contribution >= 0.6 is 0 Å². The van der Waals surface area contributed by atoms with Crippen molar-refractivity contribution in [3.05, 3.63) is 30.1 Å². The summed E-state index contributed by atoms with van der Waals surface area (Å²) in [5, 5.41) is 2.82. The zero-order valence-electron chi connectivity index (χ0n) is 25.7. The van der Waals surface area contributed by atoms with E-state index in [-0.39, 0.29) is 19.1 Å². The molecule has 8 heteroatoms. The van der Waals surface area contributed by atoms with Crippen molar-refractivity contribution in [2.24, 2.45) is 5.92 Å². The average molecular weight is 574 g/mol. The summed E-state index contributed by atoms with van der Waals surface area (Å²) < 4.78 is 11.2. The first-order valence-corrected chi connectivity index (χ1v) is 16.3. The van der Waals surface area contributed by atoms with E-state index < -0.39 is 24.2 Å². The molecule has 0 aromatic carbocycles.